The summed E-state index contributed by atoms with van der Waals surface area (Å²) < 4.78 is 33.9. The van der Waals surface area contributed by atoms with Gasteiger partial charge in [-0.05, 0) is 76.8 Å². The Morgan fingerprint density at radius 1 is 1.07 bits per heavy atom. The van der Waals surface area contributed by atoms with Gasteiger partial charge in [0.15, 0.2) is 5.11 Å². The van der Waals surface area contributed by atoms with Gasteiger partial charge in [0.05, 0.1) is 0 Å². The minimum absolute atomic E-state index is 0.330. The minimum atomic E-state index is -2.44. The zero-order chi connectivity index (χ0) is 20.0. The molecule has 0 unspecified atom stereocenters. The summed E-state index contributed by atoms with van der Waals surface area (Å²) >= 11 is 5.99. The molecule has 0 amide bonds. The van der Waals surface area contributed by atoms with Gasteiger partial charge in [-0.3, -0.25) is 14.3 Å². The van der Waals surface area contributed by atoms with Crippen molar-refractivity contribution in [3.05, 3.63) is 48.8 Å². The first kappa shape index (κ1) is 21.9. The normalized spacial score (nSPS) is 11.9. The smallest absolute Gasteiger partial charge is 0.288 e. The van der Waals surface area contributed by atoms with Gasteiger partial charge in [-0.15, -0.1) is 0 Å². The highest BCUT2D eigenvalue weighted by atomic mass is 32.2. The highest BCUT2D eigenvalue weighted by Gasteiger charge is 2.28. The molecule has 0 atom stereocenters. The van der Waals surface area contributed by atoms with Gasteiger partial charge in [-0.25, -0.2) is 4.74 Å². The van der Waals surface area contributed by atoms with Crippen LogP contribution >= 0.6 is 31.3 Å². The van der Waals surface area contributed by atoms with Crippen LogP contribution < -0.4 is 10.6 Å². The quantitative estimate of drug-likeness (QED) is 0.412. The van der Waals surface area contributed by atoms with Crippen LogP contribution in [0.3, 0.4) is 0 Å². The summed E-state index contributed by atoms with van der Waals surface area (Å²) in [7, 11) is 5.61. The van der Waals surface area contributed by atoms with Crippen molar-refractivity contribution in [3.63, 3.8) is 0 Å². The Balaban J connectivity index is 2.32. The number of aromatic nitrogens is 1. The van der Waals surface area contributed by atoms with Crippen molar-refractivity contribution >= 4 is 47.4 Å². The lowest BCUT2D eigenvalue weighted by molar-refractivity contribution is 0.252. The Kier molecular flexibility index (Phi) is 7.88. The number of nitrogens with one attached hydrogen (secondary N) is 1. The van der Waals surface area contributed by atoms with E-state index in [1.807, 2.05) is 40.3 Å². The zero-order valence-electron chi connectivity index (χ0n) is 15.5. The van der Waals surface area contributed by atoms with Crippen LogP contribution in [0.1, 0.15) is 0 Å². The number of hydrogen-bond donors (Lipinski definition) is 1. The fraction of sp³-hybridized carbons (Fsp3) is 0.294. The molecular weight excluding hydrogens is 407 g/mol. The molecule has 0 aliphatic carbocycles. The van der Waals surface area contributed by atoms with Crippen LogP contribution in [-0.2, 0) is 0 Å². The van der Waals surface area contributed by atoms with E-state index in [1.165, 1.54) is 0 Å². The third-order valence-electron chi connectivity index (χ3n) is 3.69. The maximum absolute atomic E-state index is 12.4. The molecule has 5 nitrogen and oxygen atoms in total. The molecule has 0 fully saturated rings. The van der Waals surface area contributed by atoms with Crippen LogP contribution in [0.2, 0.25) is 0 Å². The third kappa shape index (κ3) is 5.56. The molecular formula is C17H22F2N5PS2. The molecule has 27 heavy (non-hydrogen) atoms. The number of hydrogen-bond acceptors (Lipinski definition) is 3. The Hall–Kier alpha value is -1.38. The van der Waals surface area contributed by atoms with Crippen LogP contribution in [0.15, 0.2) is 58.4 Å². The van der Waals surface area contributed by atoms with Gasteiger partial charge in [-0.2, -0.15) is 8.78 Å². The van der Waals surface area contributed by atoms with E-state index < -0.39 is 13.1 Å². The fourth-order valence-corrected chi connectivity index (χ4v) is 6.50. The molecule has 1 aromatic carbocycles. The molecule has 10 heteroatoms. The van der Waals surface area contributed by atoms with Crippen molar-refractivity contribution in [2.75, 3.05) is 33.5 Å². The Bertz CT molecular complexity index is 802. The third-order valence-corrected chi connectivity index (χ3v) is 8.44. The second kappa shape index (κ2) is 9.71. The van der Waals surface area contributed by atoms with E-state index in [1.54, 1.807) is 36.7 Å². The molecule has 0 bridgehead atoms. The molecule has 0 saturated carbocycles. The summed E-state index contributed by atoms with van der Waals surface area (Å²) in [6, 6.07) is 10.6. The molecule has 1 N–H and O–H groups in total. The predicted molar refractivity (Wildman–Crippen MR) is 115 cm³/mol. The topological polar surface area (TPSA) is 43.8 Å². The van der Waals surface area contributed by atoms with Crippen molar-refractivity contribution < 1.29 is 8.78 Å². The largest absolute Gasteiger partial charge is 0.331 e. The monoisotopic (exact) mass is 429 g/mol. The van der Waals surface area contributed by atoms with E-state index in [9.17, 15) is 8.78 Å². The maximum atomic E-state index is 12.4. The molecule has 2 rings (SSSR count). The molecule has 1 aromatic heterocycles. The van der Waals surface area contributed by atoms with E-state index in [2.05, 4.69) is 19.6 Å². The SMILES string of the molecule is CN(C)P(=NC(=S)Nc1ccc(SC(F)F)cc1)(c1ccncc1)N(C)C. The van der Waals surface area contributed by atoms with Crippen molar-refractivity contribution in [1.29, 1.82) is 0 Å². The van der Waals surface area contributed by atoms with Gasteiger partial charge in [0.25, 0.3) is 5.76 Å². The first-order valence-corrected chi connectivity index (χ1v) is 10.9. The number of thiocarbonyl (C=S) groups is 1. The minimum Gasteiger partial charge on any atom is -0.331 e. The Morgan fingerprint density at radius 2 is 1.63 bits per heavy atom. The lowest BCUT2D eigenvalue weighted by Crippen LogP contribution is -2.30. The number of benzene rings is 1. The standard InChI is InChI=1S/C17H22F2N5PS2/c1-23(2)25(24(3)4,14-9-11-20-12-10-14)22-17(26)21-13-5-7-15(8-6-13)27-16(18)19/h5-12,16H,1-4H3,(H,21,26). The number of anilines is 1. The van der Waals surface area contributed by atoms with Crippen LogP contribution in [0.25, 0.3) is 0 Å². The summed E-state index contributed by atoms with van der Waals surface area (Å²) in [6.45, 7) is 0. The number of rotatable bonds is 6. The summed E-state index contributed by atoms with van der Waals surface area (Å²) in [6.07, 6.45) is 3.48. The van der Waals surface area contributed by atoms with Crippen molar-refractivity contribution in [1.82, 2.24) is 14.3 Å². The van der Waals surface area contributed by atoms with E-state index >= 15 is 0 Å². The zero-order valence-corrected chi connectivity index (χ0v) is 18.0. The number of nitrogens with zero attached hydrogens (tertiary/aromatic N) is 4. The second-order valence-corrected chi connectivity index (χ2v) is 10.8. The van der Waals surface area contributed by atoms with Gasteiger partial charge in [0.1, 0.15) is 7.36 Å². The first-order chi connectivity index (χ1) is 12.8. The number of halogens is 2. The predicted octanol–water partition coefficient (Wildman–Crippen LogP) is 4.57. The molecule has 2 aromatic rings. The van der Waals surface area contributed by atoms with Crippen molar-refractivity contribution in [3.8, 4) is 0 Å². The molecule has 0 radical (unpaired) electrons. The average molecular weight is 430 g/mol. The fourth-order valence-electron chi connectivity index (χ4n) is 2.60. The van der Waals surface area contributed by atoms with Crippen LogP contribution in [-0.4, -0.2) is 53.4 Å². The van der Waals surface area contributed by atoms with Gasteiger partial charge < -0.3 is 5.32 Å². The lowest BCUT2D eigenvalue weighted by Gasteiger charge is -2.36. The van der Waals surface area contributed by atoms with Crippen LogP contribution in [0.5, 0.6) is 0 Å². The highest BCUT2D eigenvalue weighted by Crippen LogP contribution is 2.52. The molecule has 1 heterocycles. The molecule has 0 aliphatic heterocycles. The molecule has 146 valence electrons. The average Bonchev–Trinajstić information content (AvgIpc) is 2.61. The van der Waals surface area contributed by atoms with E-state index in [4.69, 9.17) is 17.0 Å². The molecule has 0 spiro atoms. The highest BCUT2D eigenvalue weighted by molar-refractivity contribution is 7.99. The lowest BCUT2D eigenvalue weighted by atomic mass is 10.3. The van der Waals surface area contributed by atoms with Crippen LogP contribution in [0, 0.1) is 0 Å². The van der Waals surface area contributed by atoms with Gasteiger partial charge >= 0.3 is 0 Å². The Labute approximate surface area is 168 Å². The van der Waals surface area contributed by atoms with Crippen LogP contribution in [0.4, 0.5) is 14.5 Å². The second-order valence-electron chi connectivity index (χ2n) is 5.90. The number of pyridine rings is 1. The summed E-state index contributed by atoms with van der Waals surface area (Å²) in [5.74, 6) is -2.44. The van der Waals surface area contributed by atoms with E-state index in [0.29, 0.717) is 27.5 Å². The van der Waals surface area contributed by atoms with Gasteiger partial charge in [0.2, 0.25) is 0 Å². The summed E-state index contributed by atoms with van der Waals surface area (Å²) in [5, 5.41) is 4.44. The molecule has 0 aliphatic rings. The number of alkyl halides is 2. The Morgan fingerprint density at radius 3 is 2.11 bits per heavy atom. The first-order valence-electron chi connectivity index (χ1n) is 8.00. The van der Waals surface area contributed by atoms with Gasteiger partial charge in [-0.1, -0.05) is 11.8 Å². The molecule has 0 saturated heterocycles. The summed E-state index contributed by atoms with van der Waals surface area (Å²) in [4.78, 5) is 4.59. The maximum Gasteiger partial charge on any atom is 0.288 e. The van der Waals surface area contributed by atoms with Gasteiger partial charge in [0, 0.05) is 28.3 Å². The van der Waals surface area contributed by atoms with Crippen molar-refractivity contribution in [2.45, 2.75) is 10.7 Å². The van der Waals surface area contributed by atoms with Crippen molar-refractivity contribution in [2.24, 2.45) is 4.74 Å². The summed E-state index contributed by atoms with van der Waals surface area (Å²) in [5.41, 5.74) is 0.702. The number of thioether (sulfide) groups is 1. The van der Waals surface area contributed by atoms with E-state index in [-0.39, 0.29) is 0 Å². The van der Waals surface area contributed by atoms with E-state index in [0.717, 1.165) is 5.30 Å².